The molecule has 0 bridgehead atoms. The number of rotatable bonds is 7. The van der Waals surface area contributed by atoms with Gasteiger partial charge in [-0.2, -0.15) is 0 Å². The summed E-state index contributed by atoms with van der Waals surface area (Å²) >= 11 is 0. The Morgan fingerprint density at radius 3 is 1.11 bits per heavy atom. The van der Waals surface area contributed by atoms with Crippen molar-refractivity contribution >= 4 is 90.1 Å². The molecule has 0 amide bonds. The SMILES string of the molecule is CC1(C)c2ccccc2-c2ccc(-c3c4ccccc4c(-c4ccc5c(c4)-c4ccccc4[Si]54Cc5ccccc5C4)c4ccc(-c5ccccc5)cc34)cc21.CC1(C)c2ccccc2-c2ccc(-c3c4ccccc4c(-c4ccc5c(c4)c4ccccc4p5-c4ccccc4)c4ccc(-c5ccccc5)cc34)cc21. The van der Waals surface area contributed by atoms with Crippen molar-refractivity contribution in [1.29, 1.82) is 0 Å². The van der Waals surface area contributed by atoms with Crippen LogP contribution in [-0.2, 0) is 22.9 Å². The molecule has 110 heavy (non-hydrogen) atoms. The van der Waals surface area contributed by atoms with Crippen molar-refractivity contribution in [3.63, 3.8) is 0 Å². The summed E-state index contributed by atoms with van der Waals surface area (Å²) < 4.78 is 0. The maximum Gasteiger partial charge on any atom is 0.128 e. The molecule has 0 nitrogen and oxygen atoms in total. The van der Waals surface area contributed by atoms with Gasteiger partial charge in [-0.1, -0.05) is 363 Å². The first kappa shape index (κ1) is 64.7. The average Bonchev–Trinajstić information content (AvgIpc) is 1.44. The lowest BCUT2D eigenvalue weighted by Gasteiger charge is -2.24. The van der Waals surface area contributed by atoms with E-state index in [9.17, 15) is 0 Å². The van der Waals surface area contributed by atoms with Crippen LogP contribution in [0.3, 0.4) is 0 Å². The minimum Gasteiger partial charge on any atom is -0.0772 e. The highest BCUT2D eigenvalue weighted by Crippen LogP contribution is 2.58. The van der Waals surface area contributed by atoms with Crippen LogP contribution in [0.1, 0.15) is 61.1 Å². The van der Waals surface area contributed by atoms with E-state index in [1.807, 2.05) is 0 Å². The number of hydrogen-bond acceptors (Lipinski definition) is 0. The van der Waals surface area contributed by atoms with Crippen molar-refractivity contribution in [2.75, 3.05) is 0 Å². The highest BCUT2D eigenvalue weighted by Gasteiger charge is 2.49. The van der Waals surface area contributed by atoms with Gasteiger partial charge in [-0.3, -0.25) is 0 Å². The molecule has 0 radical (unpaired) electrons. The molecule has 19 aromatic rings. The first-order chi connectivity index (χ1) is 54.1. The molecule has 0 fully saturated rings. The van der Waals surface area contributed by atoms with Gasteiger partial charge in [0.05, 0.1) is 0 Å². The highest BCUT2D eigenvalue weighted by atomic mass is 31.1. The smallest absolute Gasteiger partial charge is 0.0772 e. The van der Waals surface area contributed by atoms with Crippen LogP contribution in [0.15, 0.2) is 370 Å². The zero-order valence-corrected chi connectivity index (χ0v) is 64.0. The van der Waals surface area contributed by atoms with E-state index in [2.05, 4.69) is 398 Å². The van der Waals surface area contributed by atoms with Crippen LogP contribution >= 0.6 is 7.53 Å². The molecule has 1 aromatic heterocycles. The summed E-state index contributed by atoms with van der Waals surface area (Å²) in [6, 6.07) is 143. The van der Waals surface area contributed by atoms with Crippen molar-refractivity contribution in [2.24, 2.45) is 0 Å². The third-order valence-electron chi connectivity index (χ3n) is 25.6. The first-order valence-corrected chi connectivity index (χ1v) is 42.8. The normalized spacial score (nSPS) is 14.3. The van der Waals surface area contributed by atoms with Gasteiger partial charge in [-0.05, 0) is 258 Å². The quantitative estimate of drug-likeness (QED) is 0.110. The summed E-state index contributed by atoms with van der Waals surface area (Å²) in [6.45, 7) is 9.53. The molecule has 2 aliphatic carbocycles. The summed E-state index contributed by atoms with van der Waals surface area (Å²) in [7, 11) is -2.60. The second-order valence-corrected chi connectivity index (χ2v) is 38.2. The Kier molecular flexibility index (Phi) is 14.6. The molecular formula is C108H77PSi. The van der Waals surface area contributed by atoms with Crippen molar-refractivity contribution in [3.8, 4) is 105 Å². The predicted molar refractivity (Wildman–Crippen MR) is 474 cm³/mol. The molecule has 2 aliphatic heterocycles. The molecule has 0 N–H and O–H groups in total. The zero-order valence-electron chi connectivity index (χ0n) is 62.1. The number of fused-ring (bicyclic) bond motifs is 19. The van der Waals surface area contributed by atoms with E-state index in [0.717, 1.165) is 0 Å². The van der Waals surface area contributed by atoms with Crippen molar-refractivity contribution < 1.29 is 0 Å². The van der Waals surface area contributed by atoms with Crippen LogP contribution in [0.4, 0.5) is 0 Å². The lowest BCUT2D eigenvalue weighted by Crippen LogP contribution is -2.57. The summed E-state index contributed by atoms with van der Waals surface area (Å²) in [4.78, 5) is 0. The van der Waals surface area contributed by atoms with Crippen LogP contribution in [0.2, 0.25) is 0 Å². The van der Waals surface area contributed by atoms with Gasteiger partial charge in [0, 0.05) is 21.1 Å². The van der Waals surface area contributed by atoms with E-state index in [0.29, 0.717) is 0 Å². The van der Waals surface area contributed by atoms with E-state index >= 15 is 0 Å². The van der Waals surface area contributed by atoms with Crippen molar-refractivity contribution in [2.45, 2.75) is 50.6 Å². The Morgan fingerprint density at radius 1 is 0.218 bits per heavy atom. The molecule has 2 heteroatoms. The van der Waals surface area contributed by atoms with E-state index in [-0.39, 0.29) is 10.8 Å². The average molecular weight is 1430 g/mol. The van der Waals surface area contributed by atoms with Crippen molar-refractivity contribution in [3.05, 3.63) is 403 Å². The molecule has 518 valence electrons. The van der Waals surface area contributed by atoms with E-state index in [1.54, 1.807) is 21.5 Å². The fraction of sp³-hybridized carbons (Fsp3) is 0.0741. The molecule has 23 rings (SSSR count). The fourth-order valence-corrected chi connectivity index (χ4v) is 28.6. The summed E-state index contributed by atoms with van der Waals surface area (Å²) in [5.41, 5.74) is 32.2. The van der Waals surface area contributed by atoms with Crippen LogP contribution in [0.5, 0.6) is 0 Å². The Morgan fingerprint density at radius 2 is 0.573 bits per heavy atom. The first-order valence-electron chi connectivity index (χ1n) is 39.0. The minimum atomic E-state index is -1.99. The fourth-order valence-electron chi connectivity index (χ4n) is 20.5. The van der Waals surface area contributed by atoms with E-state index in [1.165, 1.54) is 204 Å². The Balaban J connectivity index is 0.000000136. The van der Waals surface area contributed by atoms with Gasteiger partial charge >= 0.3 is 0 Å². The molecular weight excluding hydrogens is 1360 g/mol. The zero-order chi connectivity index (χ0) is 73.1. The van der Waals surface area contributed by atoms with Crippen LogP contribution in [0.25, 0.3) is 170 Å². The molecule has 3 heterocycles. The number of hydrogen-bond donors (Lipinski definition) is 0. The van der Waals surface area contributed by atoms with Gasteiger partial charge < -0.3 is 0 Å². The summed E-state index contributed by atoms with van der Waals surface area (Å²) in [5, 5.41) is 20.6. The molecule has 1 atom stereocenters. The monoisotopic (exact) mass is 1430 g/mol. The van der Waals surface area contributed by atoms with Gasteiger partial charge in [0.1, 0.15) is 8.07 Å². The maximum absolute atomic E-state index is 2.56. The topological polar surface area (TPSA) is 0 Å². The molecule has 4 aliphatic rings. The highest BCUT2D eigenvalue weighted by molar-refractivity contribution is 7.67. The minimum absolute atomic E-state index is 0.0786. The van der Waals surface area contributed by atoms with Crippen LogP contribution in [0, 0.1) is 0 Å². The standard InChI is InChI=1S/C55H40Si.C53H37P/c1-55(2)49-22-12-10-18-41(49)42-27-25-38(32-50(42)55)54-45-21-9-8-20-44(45)53(46-28-24-36(30-48(46)54)35-14-4-3-5-15-35)37-26-29-52-47(31-37)43-19-11-13-23-51(43)56(52)33-39-16-6-7-17-40(39)34-56;1-53(2)47-23-13-11-19-39(47)40-28-26-37(33-48(40)53)52-43-22-10-9-21-42(43)51(44-29-25-35(31-46(44)52)34-15-5-3-6-16-34)36-27-30-50-45(32-36)41-20-12-14-24-49(41)54(50)38-17-7-4-8-18-38/h3-32H,33-34H2,1-2H3;3-33H,1-2H3. The van der Waals surface area contributed by atoms with Gasteiger partial charge in [-0.15, -0.1) is 0 Å². The Labute approximate surface area is 645 Å². The largest absolute Gasteiger partial charge is 0.128 e. The van der Waals surface area contributed by atoms with Gasteiger partial charge in [0.2, 0.25) is 0 Å². The third-order valence-corrected chi connectivity index (χ3v) is 33.1. The predicted octanol–water partition coefficient (Wildman–Crippen LogP) is 28.3. The molecule has 0 saturated heterocycles. The second-order valence-electron chi connectivity index (χ2n) is 32.1. The van der Waals surface area contributed by atoms with E-state index < -0.39 is 15.6 Å². The second kappa shape index (κ2) is 24.8. The molecule has 18 aromatic carbocycles. The van der Waals surface area contributed by atoms with Gasteiger partial charge in [-0.25, -0.2) is 0 Å². The van der Waals surface area contributed by atoms with Crippen LogP contribution in [-0.4, -0.2) is 8.07 Å². The third kappa shape index (κ3) is 9.71. The number of benzene rings is 18. The van der Waals surface area contributed by atoms with Gasteiger partial charge in [0.15, 0.2) is 0 Å². The Hall–Kier alpha value is -12.5. The van der Waals surface area contributed by atoms with Crippen molar-refractivity contribution in [1.82, 2.24) is 0 Å². The molecule has 1 unspecified atom stereocenters. The lowest BCUT2D eigenvalue weighted by atomic mass is 9.80. The molecule has 1 spiro atoms. The summed E-state index contributed by atoms with van der Waals surface area (Å²) in [5.74, 6) is 0. The summed E-state index contributed by atoms with van der Waals surface area (Å²) in [6.07, 6.45) is 0. The van der Waals surface area contributed by atoms with Crippen LogP contribution < -0.4 is 10.4 Å². The van der Waals surface area contributed by atoms with E-state index in [4.69, 9.17) is 0 Å². The maximum atomic E-state index is 2.56. The lowest BCUT2D eigenvalue weighted by molar-refractivity contribution is 0.660. The van der Waals surface area contributed by atoms with Gasteiger partial charge in [0.25, 0.3) is 0 Å². The molecule has 0 saturated carbocycles. The Bertz CT molecular complexity index is 7050.